The van der Waals surface area contributed by atoms with Gasteiger partial charge in [-0.2, -0.15) is 0 Å². The van der Waals surface area contributed by atoms with Gasteiger partial charge in [0.2, 0.25) is 10.4 Å². The van der Waals surface area contributed by atoms with E-state index in [1.54, 1.807) is 6.92 Å². The molecule has 0 aliphatic rings. The maximum Gasteiger partial charge on any atom is 0.333 e. The van der Waals surface area contributed by atoms with Crippen molar-refractivity contribution in [1.82, 2.24) is 6.15 Å². The van der Waals surface area contributed by atoms with Gasteiger partial charge < -0.3 is 19.9 Å². The van der Waals surface area contributed by atoms with Gasteiger partial charge in [0.05, 0.1) is 28.3 Å². The molecule has 0 amide bonds. The highest BCUT2D eigenvalue weighted by atomic mass is 32.3. The van der Waals surface area contributed by atoms with Gasteiger partial charge >= 0.3 is 5.97 Å². The third-order valence-electron chi connectivity index (χ3n) is 1.55. The van der Waals surface area contributed by atoms with E-state index in [1.165, 1.54) is 0 Å². The van der Waals surface area contributed by atoms with E-state index in [4.69, 9.17) is 4.74 Å². The summed E-state index contributed by atoms with van der Waals surface area (Å²) >= 11 is 0. The van der Waals surface area contributed by atoms with Crippen molar-refractivity contribution >= 4 is 16.4 Å². The minimum atomic E-state index is -4.41. The number of esters is 1. The van der Waals surface area contributed by atoms with Crippen molar-refractivity contribution in [1.29, 1.82) is 0 Å². The Balaban J connectivity index is -0.000000313. The Morgan fingerprint density at radius 3 is 1.89 bits per heavy atom. The van der Waals surface area contributed by atoms with Gasteiger partial charge in [-0.1, -0.05) is 6.58 Å². The van der Waals surface area contributed by atoms with Crippen molar-refractivity contribution in [2.45, 2.75) is 6.92 Å². The van der Waals surface area contributed by atoms with Gasteiger partial charge in [-0.15, -0.1) is 0 Å². The Morgan fingerprint density at radius 2 is 1.68 bits per heavy atom. The van der Waals surface area contributed by atoms with Crippen LogP contribution in [0.25, 0.3) is 0 Å². The smallest absolute Gasteiger partial charge is 0.333 e. The summed E-state index contributed by atoms with van der Waals surface area (Å²) in [5.41, 5.74) is 0.455. The van der Waals surface area contributed by atoms with Crippen molar-refractivity contribution in [3.8, 4) is 0 Å². The van der Waals surface area contributed by atoms with Crippen molar-refractivity contribution in [2.75, 3.05) is 41.4 Å². The number of carbonyl (C=O) groups excluding carboxylic acids is 1. The highest BCUT2D eigenvalue weighted by molar-refractivity contribution is 7.80. The van der Waals surface area contributed by atoms with Crippen LogP contribution in [0.15, 0.2) is 12.2 Å². The molecule has 0 unspecified atom stereocenters. The molecule has 0 heterocycles. The van der Waals surface area contributed by atoms with E-state index in [1.807, 2.05) is 0 Å². The average molecular weight is 300 g/mol. The lowest BCUT2D eigenvalue weighted by Crippen LogP contribution is -2.38. The van der Waals surface area contributed by atoms with Crippen LogP contribution in [0.5, 0.6) is 0 Å². The highest BCUT2D eigenvalue weighted by Crippen LogP contribution is 1.94. The molecule has 0 saturated carbocycles. The third-order valence-corrected chi connectivity index (χ3v) is 1.96. The van der Waals surface area contributed by atoms with Gasteiger partial charge in [-0.3, -0.25) is 4.18 Å². The summed E-state index contributed by atoms with van der Waals surface area (Å²) < 4.78 is 36.7. The second kappa shape index (κ2) is 9.87. The van der Waals surface area contributed by atoms with Crippen LogP contribution in [0.3, 0.4) is 0 Å². The van der Waals surface area contributed by atoms with Crippen LogP contribution in [0.2, 0.25) is 0 Å². The fourth-order valence-electron chi connectivity index (χ4n) is 0.535. The molecule has 0 fully saturated rings. The molecule has 19 heavy (non-hydrogen) atoms. The van der Waals surface area contributed by atoms with Gasteiger partial charge in [0.25, 0.3) is 0 Å². The zero-order chi connectivity index (χ0) is 15.0. The zero-order valence-corrected chi connectivity index (χ0v) is 12.9. The molecule has 0 bridgehead atoms. The maximum atomic E-state index is 10.9. The Labute approximate surface area is 115 Å². The topological polar surface area (TPSA) is 128 Å². The van der Waals surface area contributed by atoms with Gasteiger partial charge in [-0.05, 0) is 6.92 Å². The molecule has 0 aromatic carbocycles. The number of likely N-dealkylation sites (N-methyl/N-ethyl adjacent to an activating group) is 1. The van der Waals surface area contributed by atoms with E-state index in [0.717, 1.165) is 18.1 Å². The van der Waals surface area contributed by atoms with Gasteiger partial charge in [0, 0.05) is 5.57 Å². The Morgan fingerprint density at radius 1 is 1.32 bits per heavy atom. The van der Waals surface area contributed by atoms with E-state index in [0.29, 0.717) is 12.2 Å². The number of rotatable bonds is 5. The van der Waals surface area contributed by atoms with E-state index in [9.17, 15) is 17.8 Å². The van der Waals surface area contributed by atoms with E-state index in [-0.39, 0.29) is 12.1 Å². The van der Waals surface area contributed by atoms with Crippen molar-refractivity contribution < 1.29 is 31.2 Å². The van der Waals surface area contributed by atoms with Gasteiger partial charge in [0.15, 0.2) is 0 Å². The summed E-state index contributed by atoms with van der Waals surface area (Å²) in [6, 6.07) is 0. The summed E-state index contributed by atoms with van der Waals surface area (Å²) in [4.78, 5) is 10.9. The van der Waals surface area contributed by atoms with Crippen LogP contribution in [0.1, 0.15) is 6.92 Å². The minimum Gasteiger partial charge on any atom is -0.726 e. The van der Waals surface area contributed by atoms with Crippen LogP contribution in [0.4, 0.5) is 0 Å². The molecule has 0 saturated heterocycles. The summed E-state index contributed by atoms with van der Waals surface area (Å²) in [5.74, 6) is -0.302. The minimum absolute atomic E-state index is 0. The summed E-state index contributed by atoms with van der Waals surface area (Å²) in [5, 5.41) is 0. The number of nitrogens with zero attached hydrogens (tertiary/aromatic N) is 1. The first-order valence-electron chi connectivity index (χ1n) is 5.03. The predicted molar refractivity (Wildman–Crippen MR) is 70.4 cm³/mol. The molecule has 0 spiro atoms. The molecule has 0 radical (unpaired) electrons. The lowest BCUT2D eigenvalue weighted by atomic mass is 10.4. The molecule has 8 nitrogen and oxygen atoms in total. The molecule has 0 aromatic rings. The maximum absolute atomic E-state index is 10.9. The van der Waals surface area contributed by atoms with Crippen LogP contribution in [-0.2, 0) is 24.1 Å². The second-order valence-corrected chi connectivity index (χ2v) is 5.65. The van der Waals surface area contributed by atoms with E-state index in [2.05, 4.69) is 31.9 Å². The fraction of sp³-hybridized carbons (Fsp3) is 0.700. The highest BCUT2D eigenvalue weighted by Gasteiger charge is 2.09. The quantitative estimate of drug-likeness (QED) is 0.250. The predicted octanol–water partition coefficient (Wildman–Crippen LogP) is 0.0669. The third kappa shape index (κ3) is 22.6. The number of hydrogen-bond donors (Lipinski definition) is 1. The summed E-state index contributed by atoms with van der Waals surface area (Å²) in [6.07, 6.45) is 0. The number of hydrogen-bond acceptors (Lipinski definition) is 7. The first-order chi connectivity index (χ1) is 7.89. The molecule has 0 aromatic heterocycles. The first kappa shape index (κ1) is 23.1. The second-order valence-electron chi connectivity index (χ2n) is 4.51. The number of carbonyl (C=O) groups is 1. The lowest BCUT2D eigenvalue weighted by Gasteiger charge is -2.23. The number of quaternary nitrogens is 1. The van der Waals surface area contributed by atoms with Gasteiger partial charge in [-0.25, -0.2) is 13.2 Å². The molecular formula is C10H24N2O6S. The molecule has 0 atom stereocenters. The molecular weight excluding hydrogens is 276 g/mol. The standard InChI is InChI=1S/C9H18NO2.CH4O4S.H3N/c1-8(2)9(11)12-7-6-10(3,4)5;1-5-6(2,3)4;/h1,6-7H2,2-5H3;1H3,(H,2,3,4);1H3/q+1;;/p-1. The average Bonchev–Trinajstić information content (AvgIpc) is 2.15. The Bertz CT molecular complexity index is 372. The summed E-state index contributed by atoms with van der Waals surface area (Å²) in [7, 11) is 2.55. The molecule has 9 heteroatoms. The van der Waals surface area contributed by atoms with Gasteiger partial charge in [0.1, 0.15) is 13.2 Å². The Kier molecular flexibility index (Phi) is 12.0. The monoisotopic (exact) mass is 300 g/mol. The Hall–Kier alpha value is -1.00. The fourth-order valence-corrected chi connectivity index (χ4v) is 0.535. The van der Waals surface area contributed by atoms with Crippen molar-refractivity contribution in [3.63, 3.8) is 0 Å². The van der Waals surface area contributed by atoms with Crippen LogP contribution >= 0.6 is 0 Å². The largest absolute Gasteiger partial charge is 0.726 e. The van der Waals surface area contributed by atoms with Crippen LogP contribution < -0.4 is 6.15 Å². The molecule has 116 valence electrons. The molecule has 0 aliphatic heterocycles. The number of ether oxygens (including phenoxy) is 1. The van der Waals surface area contributed by atoms with Crippen LogP contribution in [0, 0.1) is 0 Å². The normalized spacial score (nSPS) is 10.6. The first-order valence-corrected chi connectivity index (χ1v) is 6.37. The molecule has 0 aliphatic carbocycles. The molecule has 3 N–H and O–H groups in total. The SMILES string of the molecule is C=C(C)C(=O)OCC[N+](C)(C)C.COS(=O)(=O)[O-].N. The van der Waals surface area contributed by atoms with E-state index < -0.39 is 10.4 Å². The van der Waals surface area contributed by atoms with Crippen molar-refractivity contribution in [3.05, 3.63) is 12.2 Å². The van der Waals surface area contributed by atoms with E-state index >= 15 is 0 Å². The molecule has 0 rings (SSSR count). The van der Waals surface area contributed by atoms with Crippen LogP contribution in [-0.4, -0.2) is 64.8 Å². The van der Waals surface area contributed by atoms with Crippen molar-refractivity contribution in [2.24, 2.45) is 0 Å². The summed E-state index contributed by atoms with van der Waals surface area (Å²) in [6.45, 7) is 6.41. The zero-order valence-electron chi connectivity index (χ0n) is 12.1. The lowest BCUT2D eigenvalue weighted by molar-refractivity contribution is -0.870.